The van der Waals surface area contributed by atoms with Crippen LogP contribution in [0.5, 0.6) is 5.75 Å². The van der Waals surface area contributed by atoms with Crippen LogP contribution in [0.2, 0.25) is 0 Å². The maximum atomic E-state index is 13.1. The molecular formula is C21H23N3O3S2. The summed E-state index contributed by atoms with van der Waals surface area (Å²) in [6.45, 7) is 0.529. The standard InChI is InChI=1S/C21H23N3O3S2/c1-27-15-8-6-14(7-9-15)12-24-19(26)16-4-2-3-5-17(16)20(24)29-13-18(25)23-21-22-10-11-28-21/h6-11,20H,2-5,12-13H2,1H3,(H,22,23,25). The number of methoxy groups -OCH3 is 1. The third-order valence-corrected chi connectivity index (χ3v) is 7.15. The van der Waals surface area contributed by atoms with Crippen molar-refractivity contribution in [2.75, 3.05) is 18.2 Å². The third-order valence-electron chi connectivity index (χ3n) is 5.17. The quantitative estimate of drug-likeness (QED) is 0.719. The third kappa shape index (κ3) is 4.48. The molecule has 2 amide bonds. The summed E-state index contributed by atoms with van der Waals surface area (Å²) >= 11 is 2.92. The fourth-order valence-electron chi connectivity index (χ4n) is 3.78. The highest BCUT2D eigenvalue weighted by molar-refractivity contribution is 8.00. The lowest BCUT2D eigenvalue weighted by Crippen LogP contribution is -2.34. The van der Waals surface area contributed by atoms with Crippen molar-refractivity contribution in [3.8, 4) is 5.75 Å². The van der Waals surface area contributed by atoms with Gasteiger partial charge in [0.1, 0.15) is 11.1 Å². The Bertz CT molecular complexity index is 910. The average molecular weight is 430 g/mol. The number of aromatic nitrogens is 1. The smallest absolute Gasteiger partial charge is 0.251 e. The molecule has 0 bridgehead atoms. The van der Waals surface area contributed by atoms with Crippen molar-refractivity contribution in [3.63, 3.8) is 0 Å². The predicted molar refractivity (Wildman–Crippen MR) is 116 cm³/mol. The van der Waals surface area contributed by atoms with Crippen molar-refractivity contribution in [1.82, 2.24) is 9.88 Å². The zero-order chi connectivity index (χ0) is 20.2. The molecule has 0 spiro atoms. The van der Waals surface area contributed by atoms with E-state index >= 15 is 0 Å². The minimum Gasteiger partial charge on any atom is -0.497 e. The maximum absolute atomic E-state index is 13.1. The van der Waals surface area contributed by atoms with E-state index in [-0.39, 0.29) is 22.9 Å². The van der Waals surface area contributed by atoms with Crippen LogP contribution in [0, 0.1) is 0 Å². The van der Waals surface area contributed by atoms with Crippen LogP contribution in [0.15, 0.2) is 47.0 Å². The van der Waals surface area contributed by atoms with E-state index in [4.69, 9.17) is 4.74 Å². The van der Waals surface area contributed by atoms with E-state index in [1.807, 2.05) is 34.5 Å². The fraction of sp³-hybridized carbons (Fsp3) is 0.381. The summed E-state index contributed by atoms with van der Waals surface area (Å²) in [5, 5.41) is 5.17. The summed E-state index contributed by atoms with van der Waals surface area (Å²) in [7, 11) is 1.64. The van der Waals surface area contributed by atoms with E-state index in [9.17, 15) is 9.59 Å². The first-order chi connectivity index (χ1) is 14.2. The molecule has 1 aliphatic carbocycles. The second kappa shape index (κ2) is 9.00. The van der Waals surface area contributed by atoms with Gasteiger partial charge in [-0.05, 0) is 49.0 Å². The number of thioether (sulfide) groups is 1. The number of nitrogens with one attached hydrogen (secondary N) is 1. The Hall–Kier alpha value is -2.32. The van der Waals surface area contributed by atoms with Crippen molar-refractivity contribution in [2.45, 2.75) is 37.6 Å². The molecule has 8 heteroatoms. The molecule has 152 valence electrons. The minimum absolute atomic E-state index is 0.0815. The van der Waals surface area contributed by atoms with Gasteiger partial charge in [-0.25, -0.2) is 4.98 Å². The predicted octanol–water partition coefficient (Wildman–Crippen LogP) is 4.06. The van der Waals surface area contributed by atoms with Crippen LogP contribution in [0.4, 0.5) is 5.13 Å². The summed E-state index contributed by atoms with van der Waals surface area (Å²) in [4.78, 5) is 31.5. The van der Waals surface area contributed by atoms with Gasteiger partial charge in [-0.3, -0.25) is 9.59 Å². The SMILES string of the molecule is COc1ccc(CN2C(=O)C3=C(CCCC3)C2SCC(=O)Nc2nccs2)cc1. The molecule has 1 atom stereocenters. The van der Waals surface area contributed by atoms with Crippen LogP contribution >= 0.6 is 23.1 Å². The van der Waals surface area contributed by atoms with Crippen LogP contribution < -0.4 is 10.1 Å². The lowest BCUT2D eigenvalue weighted by molar-refractivity contribution is -0.126. The van der Waals surface area contributed by atoms with Crippen molar-refractivity contribution in [1.29, 1.82) is 0 Å². The average Bonchev–Trinajstić information content (AvgIpc) is 3.34. The number of thiazole rings is 1. The first-order valence-electron chi connectivity index (χ1n) is 9.62. The molecule has 1 aromatic heterocycles. The van der Waals surface area contributed by atoms with Gasteiger partial charge in [-0.15, -0.1) is 23.1 Å². The fourth-order valence-corrected chi connectivity index (χ4v) is 5.52. The molecule has 4 rings (SSSR count). The number of nitrogens with zero attached hydrogens (tertiary/aromatic N) is 2. The Morgan fingerprint density at radius 1 is 1.31 bits per heavy atom. The molecule has 1 aromatic carbocycles. The lowest BCUT2D eigenvalue weighted by atomic mass is 9.94. The number of amides is 2. The molecule has 0 radical (unpaired) electrons. The molecule has 2 aromatic rings. The number of hydrogen-bond acceptors (Lipinski definition) is 6. The van der Waals surface area contributed by atoms with Gasteiger partial charge in [0.15, 0.2) is 5.13 Å². The Balaban J connectivity index is 1.47. The van der Waals surface area contributed by atoms with Gasteiger partial charge in [0, 0.05) is 23.7 Å². The molecule has 2 aliphatic rings. The molecule has 0 saturated carbocycles. The zero-order valence-electron chi connectivity index (χ0n) is 16.2. The molecule has 2 heterocycles. The number of rotatable bonds is 7. The molecule has 0 saturated heterocycles. The Labute approximate surface area is 178 Å². The Morgan fingerprint density at radius 2 is 2.10 bits per heavy atom. The van der Waals surface area contributed by atoms with Gasteiger partial charge in [-0.2, -0.15) is 0 Å². The van der Waals surface area contributed by atoms with E-state index < -0.39 is 0 Å². The normalized spacial score (nSPS) is 18.7. The van der Waals surface area contributed by atoms with E-state index in [0.717, 1.165) is 42.6 Å². The Morgan fingerprint density at radius 3 is 2.83 bits per heavy atom. The highest BCUT2D eigenvalue weighted by Crippen LogP contribution is 2.41. The van der Waals surface area contributed by atoms with Gasteiger partial charge in [0.2, 0.25) is 5.91 Å². The summed E-state index contributed by atoms with van der Waals surface area (Å²) in [5.74, 6) is 1.11. The van der Waals surface area contributed by atoms with Gasteiger partial charge in [0.05, 0.1) is 12.9 Å². The zero-order valence-corrected chi connectivity index (χ0v) is 17.9. The number of anilines is 1. The molecule has 29 heavy (non-hydrogen) atoms. The summed E-state index contributed by atoms with van der Waals surface area (Å²) < 4.78 is 5.22. The number of benzene rings is 1. The molecule has 1 N–H and O–H groups in total. The van der Waals surface area contributed by atoms with Crippen molar-refractivity contribution in [2.24, 2.45) is 0 Å². The highest BCUT2D eigenvalue weighted by atomic mass is 32.2. The van der Waals surface area contributed by atoms with E-state index in [1.54, 1.807) is 13.3 Å². The monoisotopic (exact) mass is 429 g/mol. The summed E-state index contributed by atoms with van der Waals surface area (Å²) in [5.41, 5.74) is 3.22. The first kappa shape index (κ1) is 20.0. The Kier molecular flexibility index (Phi) is 6.20. The summed E-state index contributed by atoms with van der Waals surface area (Å²) in [6, 6.07) is 7.79. The molecule has 1 unspecified atom stereocenters. The maximum Gasteiger partial charge on any atom is 0.251 e. The number of carbonyl (C=O) groups excluding carboxylic acids is 2. The minimum atomic E-state index is -0.0911. The van der Waals surface area contributed by atoms with Gasteiger partial charge >= 0.3 is 0 Å². The number of ether oxygens (including phenoxy) is 1. The van der Waals surface area contributed by atoms with E-state index in [2.05, 4.69) is 10.3 Å². The van der Waals surface area contributed by atoms with Crippen molar-refractivity contribution < 1.29 is 14.3 Å². The van der Waals surface area contributed by atoms with Gasteiger partial charge in [-0.1, -0.05) is 12.1 Å². The second-order valence-corrected chi connectivity index (χ2v) is 9.00. The second-order valence-electron chi connectivity index (χ2n) is 7.04. The topological polar surface area (TPSA) is 71.5 Å². The van der Waals surface area contributed by atoms with Crippen LogP contribution in [-0.4, -0.2) is 39.9 Å². The van der Waals surface area contributed by atoms with E-state index in [1.165, 1.54) is 28.7 Å². The summed E-state index contributed by atoms with van der Waals surface area (Å²) in [6.07, 6.45) is 5.61. The van der Waals surface area contributed by atoms with Crippen LogP contribution in [0.25, 0.3) is 0 Å². The lowest BCUT2D eigenvalue weighted by Gasteiger charge is -2.27. The molecule has 6 nitrogen and oxygen atoms in total. The van der Waals surface area contributed by atoms with Crippen LogP contribution in [0.3, 0.4) is 0 Å². The highest BCUT2D eigenvalue weighted by Gasteiger charge is 2.40. The van der Waals surface area contributed by atoms with Gasteiger partial charge in [0.25, 0.3) is 5.91 Å². The first-order valence-corrected chi connectivity index (χ1v) is 11.6. The molecule has 1 aliphatic heterocycles. The molecule has 0 fully saturated rings. The van der Waals surface area contributed by atoms with Crippen LogP contribution in [0.1, 0.15) is 31.2 Å². The van der Waals surface area contributed by atoms with Crippen molar-refractivity contribution in [3.05, 3.63) is 52.6 Å². The van der Waals surface area contributed by atoms with Crippen LogP contribution in [-0.2, 0) is 16.1 Å². The van der Waals surface area contributed by atoms with Crippen molar-refractivity contribution >= 4 is 40.0 Å². The van der Waals surface area contributed by atoms with E-state index in [0.29, 0.717) is 11.7 Å². The number of carbonyl (C=O) groups is 2. The molecular weight excluding hydrogens is 406 g/mol. The number of hydrogen-bond donors (Lipinski definition) is 1. The largest absolute Gasteiger partial charge is 0.497 e. The van der Waals surface area contributed by atoms with Gasteiger partial charge < -0.3 is 15.0 Å².